The Labute approximate surface area is 109 Å². The van der Waals surface area contributed by atoms with Crippen LogP contribution in [0.5, 0.6) is 0 Å². The van der Waals surface area contributed by atoms with Gasteiger partial charge < -0.3 is 9.72 Å². The molecule has 3 aromatic heterocycles. The van der Waals surface area contributed by atoms with Crippen LogP contribution in [0.2, 0.25) is 0 Å². The molecule has 4 nitrogen and oxygen atoms in total. The molecule has 0 spiro atoms. The Morgan fingerprint density at radius 3 is 3.06 bits per heavy atom. The van der Waals surface area contributed by atoms with Crippen molar-refractivity contribution < 1.29 is 9.53 Å². The number of halogens is 1. The number of H-pyrrole nitrogens is 1. The molecule has 0 fully saturated rings. The Balaban J connectivity index is 2.27. The molecule has 0 radical (unpaired) electrons. The van der Waals surface area contributed by atoms with Crippen molar-refractivity contribution in [1.82, 2.24) is 9.97 Å². The lowest BCUT2D eigenvalue weighted by molar-refractivity contribution is 0.0600. The molecule has 0 aliphatic heterocycles. The maximum atomic E-state index is 11.4. The van der Waals surface area contributed by atoms with Crippen molar-refractivity contribution in [2.45, 2.75) is 0 Å². The summed E-state index contributed by atoms with van der Waals surface area (Å²) in [5.41, 5.74) is 3.20. The number of nitrogens with zero attached hydrogens (tertiary/aromatic N) is 1. The lowest BCUT2D eigenvalue weighted by atomic mass is 10.2. The number of rotatable bonds is 1. The van der Waals surface area contributed by atoms with E-state index in [9.17, 15) is 4.79 Å². The summed E-state index contributed by atoms with van der Waals surface area (Å²) in [7, 11) is 1.36. The molecule has 0 aliphatic carbocycles. The SMILES string of the molecule is COC(=O)c1cnc2c(c1)[nH]c1cc(Br)sc12. The van der Waals surface area contributed by atoms with E-state index < -0.39 is 0 Å². The lowest BCUT2D eigenvalue weighted by Crippen LogP contribution is -2.01. The molecule has 0 bridgehead atoms. The van der Waals surface area contributed by atoms with Crippen molar-refractivity contribution in [1.29, 1.82) is 0 Å². The van der Waals surface area contributed by atoms with Crippen LogP contribution in [-0.4, -0.2) is 23.0 Å². The Morgan fingerprint density at radius 1 is 1.47 bits per heavy atom. The molecule has 0 atom stereocenters. The molecular formula is C11H7BrN2O2S. The highest BCUT2D eigenvalue weighted by molar-refractivity contribution is 9.11. The first kappa shape index (κ1) is 10.7. The molecule has 17 heavy (non-hydrogen) atoms. The van der Waals surface area contributed by atoms with E-state index in [0.717, 1.165) is 25.0 Å². The summed E-state index contributed by atoms with van der Waals surface area (Å²) >= 11 is 5.05. The number of esters is 1. The minimum atomic E-state index is -0.376. The molecule has 0 aliphatic rings. The Kier molecular flexibility index (Phi) is 2.41. The van der Waals surface area contributed by atoms with Crippen molar-refractivity contribution >= 4 is 54.5 Å². The smallest absolute Gasteiger partial charge is 0.339 e. The normalized spacial score (nSPS) is 11.2. The summed E-state index contributed by atoms with van der Waals surface area (Å²) in [6.45, 7) is 0. The van der Waals surface area contributed by atoms with Gasteiger partial charge in [0.1, 0.15) is 5.52 Å². The van der Waals surface area contributed by atoms with Crippen molar-refractivity contribution in [3.8, 4) is 0 Å². The second-order valence-corrected chi connectivity index (χ2v) is 5.96. The first-order chi connectivity index (χ1) is 8.19. The van der Waals surface area contributed by atoms with E-state index in [0.29, 0.717) is 5.56 Å². The Morgan fingerprint density at radius 2 is 2.29 bits per heavy atom. The van der Waals surface area contributed by atoms with Gasteiger partial charge in [-0.1, -0.05) is 0 Å². The quantitative estimate of drug-likeness (QED) is 0.701. The first-order valence-electron chi connectivity index (χ1n) is 4.84. The summed E-state index contributed by atoms with van der Waals surface area (Å²) in [5, 5.41) is 0. The zero-order valence-electron chi connectivity index (χ0n) is 8.78. The van der Waals surface area contributed by atoms with Gasteiger partial charge in [0.15, 0.2) is 0 Å². The number of methoxy groups -OCH3 is 1. The Hall–Kier alpha value is -1.40. The molecule has 0 unspecified atom stereocenters. The van der Waals surface area contributed by atoms with Crippen LogP contribution in [0.4, 0.5) is 0 Å². The second-order valence-electron chi connectivity index (χ2n) is 3.53. The lowest BCUT2D eigenvalue weighted by Gasteiger charge is -1.97. The number of carbonyl (C=O) groups is 1. The topological polar surface area (TPSA) is 55.0 Å². The fourth-order valence-corrected chi connectivity index (χ4v) is 3.31. The monoisotopic (exact) mass is 310 g/mol. The van der Waals surface area contributed by atoms with Gasteiger partial charge in [0.2, 0.25) is 0 Å². The van der Waals surface area contributed by atoms with Gasteiger partial charge >= 0.3 is 5.97 Å². The van der Waals surface area contributed by atoms with Crippen LogP contribution in [-0.2, 0) is 4.74 Å². The van der Waals surface area contributed by atoms with Crippen LogP contribution >= 0.6 is 27.3 Å². The Bertz CT molecular complexity index is 732. The number of pyridine rings is 1. The van der Waals surface area contributed by atoms with E-state index in [1.165, 1.54) is 13.3 Å². The zero-order valence-corrected chi connectivity index (χ0v) is 11.2. The van der Waals surface area contributed by atoms with Crippen LogP contribution in [0.1, 0.15) is 10.4 Å². The van der Waals surface area contributed by atoms with E-state index in [4.69, 9.17) is 0 Å². The van der Waals surface area contributed by atoms with E-state index in [1.54, 1.807) is 17.4 Å². The third-order valence-electron chi connectivity index (χ3n) is 2.50. The number of carbonyl (C=O) groups excluding carboxylic acids is 1. The summed E-state index contributed by atoms with van der Waals surface area (Å²) in [5.74, 6) is -0.376. The van der Waals surface area contributed by atoms with E-state index in [1.807, 2.05) is 6.07 Å². The van der Waals surface area contributed by atoms with Gasteiger partial charge in [-0.2, -0.15) is 0 Å². The van der Waals surface area contributed by atoms with E-state index in [-0.39, 0.29) is 5.97 Å². The molecule has 3 heterocycles. The molecule has 0 saturated heterocycles. The molecule has 1 N–H and O–H groups in total. The fourth-order valence-electron chi connectivity index (χ4n) is 1.75. The van der Waals surface area contributed by atoms with E-state index >= 15 is 0 Å². The molecule has 86 valence electrons. The van der Waals surface area contributed by atoms with Crippen LogP contribution in [0.15, 0.2) is 22.1 Å². The summed E-state index contributed by atoms with van der Waals surface area (Å²) < 4.78 is 6.80. The number of ether oxygens (including phenoxy) is 1. The standard InChI is InChI=1S/C11H7BrN2O2S/c1-16-11(15)5-2-6-9(13-4-5)10-7(14-6)3-8(12)17-10/h2-4,14H,1H3. The van der Waals surface area contributed by atoms with Gasteiger partial charge in [-0.15, -0.1) is 11.3 Å². The van der Waals surface area contributed by atoms with Gasteiger partial charge in [0.25, 0.3) is 0 Å². The van der Waals surface area contributed by atoms with Gasteiger partial charge in [0.05, 0.1) is 32.2 Å². The third-order valence-corrected chi connectivity index (χ3v) is 4.14. The minimum absolute atomic E-state index is 0.376. The minimum Gasteiger partial charge on any atom is -0.465 e. The number of fused-ring (bicyclic) bond motifs is 3. The van der Waals surface area contributed by atoms with Gasteiger partial charge in [-0.05, 0) is 28.1 Å². The largest absolute Gasteiger partial charge is 0.465 e. The maximum Gasteiger partial charge on any atom is 0.339 e. The molecule has 3 rings (SSSR count). The second kappa shape index (κ2) is 3.82. The number of hydrogen-bond acceptors (Lipinski definition) is 4. The highest BCUT2D eigenvalue weighted by Gasteiger charge is 2.12. The number of nitrogens with one attached hydrogen (secondary N) is 1. The van der Waals surface area contributed by atoms with Gasteiger partial charge in [0, 0.05) is 6.20 Å². The molecule has 0 aromatic carbocycles. The zero-order chi connectivity index (χ0) is 12.0. The molecular weight excluding hydrogens is 304 g/mol. The van der Waals surface area contributed by atoms with E-state index in [2.05, 4.69) is 30.6 Å². The van der Waals surface area contributed by atoms with Crippen LogP contribution in [0.3, 0.4) is 0 Å². The number of thiophene rings is 1. The maximum absolute atomic E-state index is 11.4. The van der Waals surface area contributed by atoms with Crippen LogP contribution < -0.4 is 0 Å². The average Bonchev–Trinajstić information content (AvgIpc) is 2.82. The highest BCUT2D eigenvalue weighted by atomic mass is 79.9. The van der Waals surface area contributed by atoms with Gasteiger partial charge in [-0.25, -0.2) is 4.79 Å². The van der Waals surface area contributed by atoms with Crippen molar-refractivity contribution in [2.75, 3.05) is 7.11 Å². The summed E-state index contributed by atoms with van der Waals surface area (Å²) in [4.78, 5) is 18.9. The predicted octanol–water partition coefficient (Wildman–Crippen LogP) is 3.33. The van der Waals surface area contributed by atoms with Crippen molar-refractivity contribution in [2.24, 2.45) is 0 Å². The molecule has 6 heteroatoms. The fraction of sp³-hybridized carbons (Fsp3) is 0.0909. The third kappa shape index (κ3) is 1.64. The van der Waals surface area contributed by atoms with Crippen molar-refractivity contribution in [3.05, 3.63) is 27.7 Å². The summed E-state index contributed by atoms with van der Waals surface area (Å²) in [6.07, 6.45) is 1.54. The number of hydrogen-bond donors (Lipinski definition) is 1. The molecule has 3 aromatic rings. The predicted molar refractivity (Wildman–Crippen MR) is 70.5 cm³/mol. The van der Waals surface area contributed by atoms with Crippen molar-refractivity contribution in [3.63, 3.8) is 0 Å². The number of aromatic nitrogens is 2. The molecule has 0 amide bonds. The highest BCUT2D eigenvalue weighted by Crippen LogP contribution is 2.34. The van der Waals surface area contributed by atoms with Gasteiger partial charge in [-0.3, -0.25) is 4.98 Å². The number of aromatic amines is 1. The molecule has 0 saturated carbocycles. The van der Waals surface area contributed by atoms with Crippen LogP contribution in [0.25, 0.3) is 21.3 Å². The first-order valence-corrected chi connectivity index (χ1v) is 6.45. The summed E-state index contributed by atoms with van der Waals surface area (Å²) in [6, 6.07) is 3.76. The van der Waals surface area contributed by atoms with Crippen LogP contribution in [0, 0.1) is 0 Å². The average molecular weight is 311 g/mol.